The van der Waals surface area contributed by atoms with Gasteiger partial charge in [0, 0.05) is 48.3 Å². The number of rotatable bonds is 3. The lowest BCUT2D eigenvalue weighted by Gasteiger charge is -2.32. The van der Waals surface area contributed by atoms with Gasteiger partial charge in [0.1, 0.15) is 32.8 Å². The number of fused-ring (bicyclic) bond motifs is 2. The van der Waals surface area contributed by atoms with Crippen molar-refractivity contribution in [3.05, 3.63) is 81.7 Å². The fourth-order valence-electron chi connectivity index (χ4n) is 4.54. The van der Waals surface area contributed by atoms with E-state index in [1.807, 2.05) is 0 Å². The summed E-state index contributed by atoms with van der Waals surface area (Å²) in [7, 11) is 6.82. The summed E-state index contributed by atoms with van der Waals surface area (Å²) >= 11 is 0. The van der Waals surface area contributed by atoms with Gasteiger partial charge in [0.25, 0.3) is 11.5 Å². The van der Waals surface area contributed by atoms with Crippen LogP contribution in [0.25, 0.3) is 22.0 Å². The Kier molecular flexibility index (Phi) is 4.56. The molecule has 0 radical (unpaired) electrons. The van der Waals surface area contributed by atoms with Gasteiger partial charge in [0.05, 0.1) is 24.0 Å². The first-order valence-electron chi connectivity index (χ1n) is 10.4. The van der Waals surface area contributed by atoms with Gasteiger partial charge >= 0.3 is 0 Å². The van der Waals surface area contributed by atoms with Crippen LogP contribution in [0, 0.1) is 11.6 Å². The maximum Gasteiger partial charge on any atom is 0.276 e. The first kappa shape index (κ1) is 21.1. The molecule has 164 valence electrons. The minimum absolute atomic E-state index is 0.208. The lowest BCUT2D eigenvalue weighted by Crippen LogP contribution is -2.45. The summed E-state index contributed by atoms with van der Waals surface area (Å²) < 4.78 is 33.3. The molecular weight excluding hydrogens is 426 g/mol. The Morgan fingerprint density at radius 1 is 1.09 bits per heavy atom. The third kappa shape index (κ3) is 3.02. The molecule has 0 fully saturated rings. The summed E-state index contributed by atoms with van der Waals surface area (Å²) in [5, 5.41) is 3.81. The van der Waals surface area contributed by atoms with Crippen LogP contribution in [0.3, 0.4) is 0 Å². The van der Waals surface area contributed by atoms with E-state index in [9.17, 15) is 9.59 Å². The Bertz CT molecular complexity index is 1510. The van der Waals surface area contributed by atoms with Crippen molar-refractivity contribution in [3.8, 4) is 11.1 Å². The van der Waals surface area contributed by atoms with Crippen molar-refractivity contribution in [3.63, 3.8) is 0 Å². The topological polar surface area (TPSA) is 73.0 Å². The molecule has 4 aromatic rings. The predicted molar refractivity (Wildman–Crippen MR) is 124 cm³/mol. The number of pyridine rings is 2. The van der Waals surface area contributed by atoms with Gasteiger partial charge in [-0.2, -0.15) is 5.10 Å². The Hall–Kier alpha value is -3.75. The highest BCUT2D eigenvalue weighted by atomic mass is 19.1. The van der Waals surface area contributed by atoms with E-state index in [0.717, 1.165) is 0 Å². The monoisotopic (exact) mass is 445 g/mol. The predicted octanol–water partition coefficient (Wildman–Crippen LogP) is 0.645. The van der Waals surface area contributed by atoms with E-state index in [0.29, 0.717) is 27.7 Å². The van der Waals surface area contributed by atoms with Crippen molar-refractivity contribution in [2.75, 3.05) is 0 Å². The van der Waals surface area contributed by atoms with E-state index >= 15 is 8.78 Å². The first-order chi connectivity index (χ1) is 15.6. The van der Waals surface area contributed by atoms with Crippen molar-refractivity contribution in [2.24, 2.45) is 14.1 Å². The minimum atomic E-state index is -0.815. The van der Waals surface area contributed by atoms with E-state index in [1.165, 1.54) is 38.7 Å². The average Bonchev–Trinajstić information content (AvgIpc) is 3.24. The molecule has 3 aromatic heterocycles. The summed E-state index contributed by atoms with van der Waals surface area (Å²) in [4.78, 5) is 31.2. The number of carbonyl (C=O) groups is 1. The van der Waals surface area contributed by atoms with E-state index in [4.69, 9.17) is 0 Å². The highest BCUT2D eigenvalue weighted by Crippen LogP contribution is 2.36. The summed E-state index contributed by atoms with van der Waals surface area (Å²) in [5.41, 5.74) is 1.66. The molecule has 1 aliphatic rings. The number of nitrogens with zero attached hydrogens (tertiary/aromatic N) is 5. The molecule has 0 N–H and O–H groups in total. The maximum absolute atomic E-state index is 15.3. The standard InChI is InChI=1S/C22H19B2F2N5O2/c1-29-9-14(13-8-28-30(2)18(13)21(29)33)11-6-16(25)15(17(26)7-11)10-31-20(32)12-4-3-5-27-19(12)22(31,23)24/h3-9H,10,23-24H2,1-2H3. The number of halogens is 2. The van der Waals surface area contributed by atoms with Crippen molar-refractivity contribution in [1.82, 2.24) is 24.2 Å². The number of benzene rings is 1. The van der Waals surface area contributed by atoms with Gasteiger partial charge in [-0.25, -0.2) is 8.78 Å². The number of carbonyl (C=O) groups excluding carboxylic acids is 1. The number of aryl methyl sites for hydroxylation is 2. The molecular formula is C22H19B2F2N5O2. The summed E-state index contributed by atoms with van der Waals surface area (Å²) in [6, 6.07) is 5.78. The third-order valence-electron chi connectivity index (χ3n) is 6.38. The molecule has 4 heterocycles. The van der Waals surface area contributed by atoms with Crippen molar-refractivity contribution < 1.29 is 13.6 Å². The second-order valence-electron chi connectivity index (χ2n) is 8.76. The smallest absolute Gasteiger partial charge is 0.276 e. The van der Waals surface area contributed by atoms with Gasteiger partial charge in [-0.05, 0) is 29.8 Å². The van der Waals surface area contributed by atoms with Gasteiger partial charge in [-0.3, -0.25) is 19.3 Å². The van der Waals surface area contributed by atoms with Crippen LogP contribution in [0.2, 0.25) is 0 Å². The van der Waals surface area contributed by atoms with Crippen LogP contribution >= 0.6 is 0 Å². The molecule has 0 bridgehead atoms. The quantitative estimate of drug-likeness (QED) is 0.435. The zero-order chi connectivity index (χ0) is 23.7. The van der Waals surface area contributed by atoms with E-state index in [2.05, 4.69) is 10.1 Å². The largest absolute Gasteiger partial charge is 0.339 e. The molecule has 0 unspecified atom stereocenters. The molecule has 1 amide bonds. The van der Waals surface area contributed by atoms with Crippen LogP contribution in [0.1, 0.15) is 21.6 Å². The van der Waals surface area contributed by atoms with Crippen molar-refractivity contribution in [2.45, 2.75) is 11.9 Å². The summed E-state index contributed by atoms with van der Waals surface area (Å²) in [5.74, 6) is -1.87. The van der Waals surface area contributed by atoms with Crippen LogP contribution in [0.4, 0.5) is 8.78 Å². The highest BCUT2D eigenvalue weighted by Gasteiger charge is 2.44. The van der Waals surface area contributed by atoms with Crippen LogP contribution in [0.5, 0.6) is 0 Å². The minimum Gasteiger partial charge on any atom is -0.339 e. The molecule has 7 nitrogen and oxygen atoms in total. The zero-order valence-electron chi connectivity index (χ0n) is 18.6. The summed E-state index contributed by atoms with van der Waals surface area (Å²) in [6.45, 7) is -0.240. The second-order valence-corrected chi connectivity index (χ2v) is 8.76. The highest BCUT2D eigenvalue weighted by molar-refractivity contribution is 6.42. The van der Waals surface area contributed by atoms with Gasteiger partial charge in [0.15, 0.2) is 0 Å². The molecule has 33 heavy (non-hydrogen) atoms. The van der Waals surface area contributed by atoms with Gasteiger partial charge in [-0.15, -0.1) is 0 Å². The lowest BCUT2D eigenvalue weighted by atomic mass is 9.59. The molecule has 5 rings (SSSR count). The number of amides is 1. The van der Waals surface area contributed by atoms with Crippen LogP contribution in [0.15, 0.2) is 47.7 Å². The Morgan fingerprint density at radius 3 is 2.45 bits per heavy atom. The Morgan fingerprint density at radius 2 is 1.79 bits per heavy atom. The fourth-order valence-corrected chi connectivity index (χ4v) is 4.54. The molecule has 0 spiro atoms. The SMILES string of the molecule is BC1(B)c2ncccc2C(=O)N1Cc1c(F)cc(-c2cn(C)c(=O)c3c2cnn3C)cc1F. The molecule has 0 atom stereocenters. The van der Waals surface area contributed by atoms with Crippen LogP contribution < -0.4 is 5.56 Å². The van der Waals surface area contributed by atoms with E-state index < -0.39 is 17.0 Å². The van der Waals surface area contributed by atoms with E-state index in [-0.39, 0.29) is 29.1 Å². The number of hydrogen-bond donors (Lipinski definition) is 0. The molecule has 1 aromatic carbocycles. The number of aromatic nitrogens is 4. The molecule has 0 saturated heterocycles. The number of hydrogen-bond acceptors (Lipinski definition) is 4. The van der Waals surface area contributed by atoms with Crippen molar-refractivity contribution in [1.29, 1.82) is 0 Å². The van der Waals surface area contributed by atoms with E-state index in [1.54, 1.807) is 48.1 Å². The molecule has 0 aliphatic carbocycles. The van der Waals surface area contributed by atoms with Crippen LogP contribution in [-0.4, -0.2) is 45.8 Å². The lowest BCUT2D eigenvalue weighted by molar-refractivity contribution is 0.0727. The first-order valence-corrected chi connectivity index (χ1v) is 10.4. The average molecular weight is 445 g/mol. The van der Waals surface area contributed by atoms with Crippen LogP contribution in [-0.2, 0) is 26.0 Å². The second kappa shape index (κ2) is 7.13. The van der Waals surface area contributed by atoms with Gasteiger partial charge < -0.3 is 9.47 Å². The molecule has 1 aliphatic heterocycles. The molecule has 0 saturated carbocycles. The summed E-state index contributed by atoms with van der Waals surface area (Å²) in [6.07, 6.45) is 4.64. The van der Waals surface area contributed by atoms with Gasteiger partial charge in [-0.1, -0.05) is 0 Å². The Labute approximate surface area is 189 Å². The maximum atomic E-state index is 15.3. The van der Waals surface area contributed by atoms with Crippen molar-refractivity contribution >= 4 is 32.5 Å². The molecule has 11 heteroatoms. The third-order valence-corrected chi connectivity index (χ3v) is 6.38. The van der Waals surface area contributed by atoms with Gasteiger partial charge in [0.2, 0.25) is 0 Å². The zero-order valence-corrected chi connectivity index (χ0v) is 18.6. The fraction of sp³-hybridized carbons (Fsp3) is 0.182. The Balaban J connectivity index is 1.58. The normalized spacial score (nSPS) is 14.8.